The highest BCUT2D eigenvalue weighted by atomic mass is 19.1. The van der Waals surface area contributed by atoms with Crippen molar-refractivity contribution in [3.8, 4) is 5.88 Å². The fourth-order valence-corrected chi connectivity index (χ4v) is 3.18. The Balaban J connectivity index is 1.31. The minimum absolute atomic E-state index is 0.375. The molecule has 3 heterocycles. The van der Waals surface area contributed by atoms with Crippen molar-refractivity contribution in [2.24, 2.45) is 13.0 Å². The van der Waals surface area contributed by atoms with E-state index >= 15 is 0 Å². The average molecular weight is 382 g/mol. The zero-order chi connectivity index (χ0) is 19.5. The Morgan fingerprint density at radius 1 is 1.25 bits per heavy atom. The maximum absolute atomic E-state index is 12.6. The van der Waals surface area contributed by atoms with Gasteiger partial charge in [0.1, 0.15) is 18.3 Å². The highest BCUT2D eigenvalue weighted by Gasteiger charge is 2.40. The predicted molar refractivity (Wildman–Crippen MR) is 103 cm³/mol. The molecule has 1 fully saturated rings. The standard InChI is InChI=1S/C20H23FN6O/c1-13-25-19(23-9-15-10-24-27(2)11-15)6-20(26-13)28-12-16-5-17(16)18-4-3-14(7-21)8-22-18/h3-4,6,8,10-11,16-17H,5,7,9,12H2,1-2H3,(H,23,25,26)/t16-,17+/m1/s1. The van der Waals surface area contributed by atoms with Crippen molar-refractivity contribution in [1.82, 2.24) is 24.7 Å². The number of aromatic nitrogens is 5. The highest BCUT2D eigenvalue weighted by Crippen LogP contribution is 2.46. The largest absolute Gasteiger partial charge is 0.477 e. The molecule has 0 amide bonds. The molecule has 0 unspecified atom stereocenters. The Hall–Kier alpha value is -3.03. The van der Waals surface area contributed by atoms with Crippen LogP contribution in [-0.4, -0.2) is 31.3 Å². The molecule has 1 aliphatic carbocycles. The molecule has 0 spiro atoms. The normalized spacial score (nSPS) is 18.1. The molecule has 1 N–H and O–H groups in total. The van der Waals surface area contributed by atoms with Gasteiger partial charge >= 0.3 is 0 Å². The summed E-state index contributed by atoms with van der Waals surface area (Å²) in [6, 6.07) is 5.52. The van der Waals surface area contributed by atoms with Crippen LogP contribution in [-0.2, 0) is 20.3 Å². The van der Waals surface area contributed by atoms with Gasteiger partial charge in [0.05, 0.1) is 12.8 Å². The molecule has 0 aromatic carbocycles. The van der Waals surface area contributed by atoms with E-state index in [9.17, 15) is 4.39 Å². The Kier molecular flexibility index (Phi) is 5.18. The number of nitrogens with zero attached hydrogens (tertiary/aromatic N) is 5. The van der Waals surface area contributed by atoms with Gasteiger partial charge in [0.25, 0.3) is 0 Å². The zero-order valence-electron chi connectivity index (χ0n) is 16.0. The molecule has 1 aliphatic rings. The van der Waals surface area contributed by atoms with Gasteiger partial charge in [0.15, 0.2) is 0 Å². The lowest BCUT2D eigenvalue weighted by Crippen LogP contribution is -2.07. The van der Waals surface area contributed by atoms with Crippen LogP contribution in [0.15, 0.2) is 36.8 Å². The van der Waals surface area contributed by atoms with Crippen molar-refractivity contribution in [3.63, 3.8) is 0 Å². The molecule has 0 bridgehead atoms. The molecule has 1 saturated carbocycles. The molecule has 3 aromatic rings. The van der Waals surface area contributed by atoms with Gasteiger partial charge in [-0.3, -0.25) is 9.67 Å². The topological polar surface area (TPSA) is 77.8 Å². The number of pyridine rings is 1. The van der Waals surface area contributed by atoms with Crippen LogP contribution in [0.2, 0.25) is 0 Å². The molecular formula is C20H23FN6O. The third kappa shape index (κ3) is 4.44. The van der Waals surface area contributed by atoms with Gasteiger partial charge < -0.3 is 10.1 Å². The number of aryl methyl sites for hydroxylation is 2. The third-order valence-electron chi connectivity index (χ3n) is 4.80. The van der Waals surface area contributed by atoms with Gasteiger partial charge in [-0.05, 0) is 19.4 Å². The van der Waals surface area contributed by atoms with Gasteiger partial charge in [0.2, 0.25) is 5.88 Å². The molecule has 7 nitrogen and oxygen atoms in total. The summed E-state index contributed by atoms with van der Waals surface area (Å²) in [5.41, 5.74) is 2.69. The van der Waals surface area contributed by atoms with Crippen LogP contribution in [0.1, 0.15) is 35.0 Å². The summed E-state index contributed by atoms with van der Waals surface area (Å²) in [6.07, 6.45) is 6.41. The van der Waals surface area contributed by atoms with E-state index in [4.69, 9.17) is 4.74 Å². The molecular weight excluding hydrogens is 359 g/mol. The van der Waals surface area contributed by atoms with Crippen LogP contribution in [0.4, 0.5) is 10.2 Å². The Morgan fingerprint density at radius 2 is 2.14 bits per heavy atom. The van der Waals surface area contributed by atoms with Crippen molar-refractivity contribution in [2.45, 2.75) is 32.5 Å². The molecule has 28 heavy (non-hydrogen) atoms. The number of alkyl halides is 1. The second kappa shape index (κ2) is 7.92. The SMILES string of the molecule is Cc1nc(NCc2cnn(C)c2)cc(OC[C@H]2C[C@@H]2c2ccc(CF)cn2)n1. The number of halogens is 1. The monoisotopic (exact) mass is 382 g/mol. The molecule has 3 aromatic heterocycles. The second-order valence-electron chi connectivity index (χ2n) is 7.15. The average Bonchev–Trinajstić information content (AvgIpc) is 3.36. The van der Waals surface area contributed by atoms with E-state index in [1.807, 2.05) is 38.5 Å². The first kappa shape index (κ1) is 18.3. The summed E-state index contributed by atoms with van der Waals surface area (Å²) in [6.45, 7) is 2.58. The lowest BCUT2D eigenvalue weighted by molar-refractivity contribution is 0.284. The number of rotatable bonds is 8. The quantitative estimate of drug-likeness (QED) is 0.645. The minimum Gasteiger partial charge on any atom is -0.477 e. The van der Waals surface area contributed by atoms with E-state index < -0.39 is 6.67 Å². The molecule has 2 atom stereocenters. The van der Waals surface area contributed by atoms with Crippen LogP contribution in [0.3, 0.4) is 0 Å². The summed E-state index contributed by atoms with van der Waals surface area (Å²) >= 11 is 0. The predicted octanol–water partition coefficient (Wildman–Crippen LogP) is 3.18. The summed E-state index contributed by atoms with van der Waals surface area (Å²) in [4.78, 5) is 13.1. The van der Waals surface area contributed by atoms with Crippen molar-refractivity contribution < 1.29 is 9.13 Å². The summed E-state index contributed by atoms with van der Waals surface area (Å²) < 4.78 is 20.3. The summed E-state index contributed by atoms with van der Waals surface area (Å²) in [5.74, 6) is 2.72. The number of anilines is 1. The summed E-state index contributed by atoms with van der Waals surface area (Å²) in [7, 11) is 1.89. The maximum atomic E-state index is 12.6. The van der Waals surface area contributed by atoms with Gasteiger partial charge in [-0.25, -0.2) is 9.37 Å². The molecule has 0 aliphatic heterocycles. The Labute approximate surface area is 163 Å². The molecule has 146 valence electrons. The first-order valence-corrected chi connectivity index (χ1v) is 9.31. The Morgan fingerprint density at radius 3 is 2.86 bits per heavy atom. The number of nitrogens with one attached hydrogen (secondary N) is 1. The Bertz CT molecular complexity index is 942. The fourth-order valence-electron chi connectivity index (χ4n) is 3.18. The molecule has 0 saturated heterocycles. The second-order valence-corrected chi connectivity index (χ2v) is 7.15. The highest BCUT2D eigenvalue weighted by molar-refractivity contribution is 5.39. The number of hydrogen-bond donors (Lipinski definition) is 1. The molecule has 8 heteroatoms. The smallest absolute Gasteiger partial charge is 0.218 e. The van der Waals surface area contributed by atoms with Crippen LogP contribution >= 0.6 is 0 Å². The van der Waals surface area contributed by atoms with E-state index in [1.165, 1.54) is 0 Å². The number of ether oxygens (including phenoxy) is 1. The third-order valence-corrected chi connectivity index (χ3v) is 4.80. The van der Waals surface area contributed by atoms with Gasteiger partial charge in [0, 0.05) is 60.7 Å². The zero-order valence-corrected chi connectivity index (χ0v) is 16.0. The van der Waals surface area contributed by atoms with Crippen molar-refractivity contribution in [1.29, 1.82) is 0 Å². The fraction of sp³-hybridized carbons (Fsp3) is 0.400. The van der Waals surface area contributed by atoms with E-state index in [-0.39, 0.29) is 0 Å². The van der Waals surface area contributed by atoms with Gasteiger partial charge in [-0.15, -0.1) is 0 Å². The van der Waals surface area contributed by atoms with E-state index in [2.05, 4.69) is 25.4 Å². The summed E-state index contributed by atoms with van der Waals surface area (Å²) in [5, 5.41) is 7.44. The van der Waals surface area contributed by atoms with Crippen LogP contribution < -0.4 is 10.1 Å². The first-order chi connectivity index (χ1) is 13.6. The van der Waals surface area contributed by atoms with E-state index in [1.54, 1.807) is 16.9 Å². The van der Waals surface area contributed by atoms with Crippen LogP contribution in [0.5, 0.6) is 5.88 Å². The van der Waals surface area contributed by atoms with Crippen LogP contribution in [0.25, 0.3) is 0 Å². The maximum Gasteiger partial charge on any atom is 0.218 e. The lowest BCUT2D eigenvalue weighted by atomic mass is 10.2. The van der Waals surface area contributed by atoms with Crippen molar-refractivity contribution in [3.05, 3.63) is 59.4 Å². The molecule has 4 rings (SSSR count). The van der Waals surface area contributed by atoms with E-state index in [0.29, 0.717) is 42.3 Å². The molecule has 0 radical (unpaired) electrons. The van der Waals surface area contributed by atoms with E-state index in [0.717, 1.165) is 23.5 Å². The first-order valence-electron chi connectivity index (χ1n) is 9.31. The minimum atomic E-state index is -0.477. The van der Waals surface area contributed by atoms with Crippen molar-refractivity contribution >= 4 is 5.82 Å². The van der Waals surface area contributed by atoms with Crippen molar-refractivity contribution in [2.75, 3.05) is 11.9 Å². The number of hydrogen-bond acceptors (Lipinski definition) is 6. The van der Waals surface area contributed by atoms with Gasteiger partial charge in [-0.1, -0.05) is 6.07 Å². The van der Waals surface area contributed by atoms with Crippen LogP contribution in [0, 0.1) is 12.8 Å². The van der Waals surface area contributed by atoms with Gasteiger partial charge in [-0.2, -0.15) is 10.1 Å². The lowest BCUT2D eigenvalue weighted by Gasteiger charge is -2.09.